The molecule has 9 heteroatoms. The number of thiophene rings is 1. The number of nitrogens with zero attached hydrogens (tertiary/aromatic N) is 3. The van der Waals surface area contributed by atoms with Crippen molar-refractivity contribution in [1.82, 2.24) is 15.5 Å². The van der Waals surface area contributed by atoms with Gasteiger partial charge in [-0.3, -0.25) is 9.89 Å². The number of halogens is 1. The van der Waals surface area contributed by atoms with E-state index in [1.54, 1.807) is 0 Å². The van der Waals surface area contributed by atoms with Gasteiger partial charge in [0, 0.05) is 56.9 Å². The van der Waals surface area contributed by atoms with Crippen molar-refractivity contribution < 1.29 is 9.47 Å². The van der Waals surface area contributed by atoms with Gasteiger partial charge in [-0.2, -0.15) is 0 Å². The van der Waals surface area contributed by atoms with E-state index in [2.05, 4.69) is 67.2 Å². The van der Waals surface area contributed by atoms with Crippen molar-refractivity contribution in [2.24, 2.45) is 4.99 Å². The number of morpholine rings is 2. The van der Waals surface area contributed by atoms with E-state index in [9.17, 15) is 0 Å². The van der Waals surface area contributed by atoms with Crippen LogP contribution in [0.3, 0.4) is 0 Å². The first-order chi connectivity index (χ1) is 15.3. The zero-order valence-electron chi connectivity index (χ0n) is 18.7. The number of ether oxygens (including phenoxy) is 2. The summed E-state index contributed by atoms with van der Waals surface area (Å²) in [6, 6.07) is 13.3. The maximum absolute atomic E-state index is 5.56. The highest BCUT2D eigenvalue weighted by Gasteiger charge is 2.23. The zero-order chi connectivity index (χ0) is 21.3. The maximum atomic E-state index is 5.56. The zero-order valence-corrected chi connectivity index (χ0v) is 21.8. The van der Waals surface area contributed by atoms with E-state index in [0.29, 0.717) is 6.04 Å². The first kappa shape index (κ1) is 25.2. The molecule has 3 heterocycles. The van der Waals surface area contributed by atoms with Crippen LogP contribution in [0.1, 0.15) is 16.5 Å². The minimum atomic E-state index is 0. The van der Waals surface area contributed by atoms with Crippen LogP contribution in [0.25, 0.3) is 0 Å². The Kier molecular flexibility index (Phi) is 10.5. The van der Waals surface area contributed by atoms with Crippen LogP contribution in [0.2, 0.25) is 0 Å². The molecule has 1 unspecified atom stereocenters. The van der Waals surface area contributed by atoms with Crippen molar-refractivity contribution in [2.45, 2.75) is 12.6 Å². The number of hydrogen-bond acceptors (Lipinski definition) is 6. The summed E-state index contributed by atoms with van der Waals surface area (Å²) in [7, 11) is 1.83. The fraction of sp³-hybridized carbons (Fsp3) is 0.522. The average Bonchev–Trinajstić information content (AvgIpc) is 3.37. The fourth-order valence-corrected chi connectivity index (χ4v) is 5.01. The van der Waals surface area contributed by atoms with Crippen molar-refractivity contribution in [2.75, 3.05) is 71.1 Å². The molecule has 0 spiro atoms. The molecule has 2 aromatic rings. The van der Waals surface area contributed by atoms with Gasteiger partial charge in [-0.15, -0.1) is 35.3 Å². The summed E-state index contributed by atoms with van der Waals surface area (Å²) < 4.78 is 11.1. The number of nitrogens with one attached hydrogen (secondary N) is 2. The monoisotopic (exact) mass is 571 g/mol. The standard InChI is InChI=1S/C23H33N5O2S.HI/c1-24-23(25-17-19-5-2-3-6-20(19)27-8-12-29-13-9-27)26-18-21(22-7-4-16-31-22)28-10-14-30-15-11-28;/h2-7,16,21H,8-15,17-18H2,1H3,(H2,24,25,26);1H. The third-order valence-corrected chi connectivity index (χ3v) is 6.81. The molecule has 0 aliphatic carbocycles. The van der Waals surface area contributed by atoms with Gasteiger partial charge in [0.2, 0.25) is 0 Å². The highest BCUT2D eigenvalue weighted by molar-refractivity contribution is 14.0. The molecule has 2 fully saturated rings. The van der Waals surface area contributed by atoms with Gasteiger partial charge < -0.3 is 25.0 Å². The van der Waals surface area contributed by atoms with Crippen LogP contribution in [0.5, 0.6) is 0 Å². The first-order valence-corrected chi connectivity index (χ1v) is 11.9. The SMILES string of the molecule is CN=C(NCc1ccccc1N1CCOCC1)NCC(c1cccs1)N1CCOCC1.I. The lowest BCUT2D eigenvalue weighted by Gasteiger charge is -2.34. The molecule has 2 aliphatic heterocycles. The molecular formula is C23H34IN5O2S. The number of para-hydroxylation sites is 1. The number of guanidine groups is 1. The van der Waals surface area contributed by atoms with Gasteiger partial charge in [0.15, 0.2) is 5.96 Å². The lowest BCUT2D eigenvalue weighted by molar-refractivity contribution is 0.0177. The lowest BCUT2D eigenvalue weighted by Crippen LogP contribution is -2.46. The molecule has 0 amide bonds. The van der Waals surface area contributed by atoms with E-state index in [4.69, 9.17) is 9.47 Å². The van der Waals surface area contributed by atoms with Crippen molar-refractivity contribution >= 4 is 47.0 Å². The van der Waals surface area contributed by atoms with Crippen molar-refractivity contribution in [3.8, 4) is 0 Å². The van der Waals surface area contributed by atoms with Crippen LogP contribution in [-0.2, 0) is 16.0 Å². The Morgan fingerprint density at radius 3 is 2.41 bits per heavy atom. The summed E-state index contributed by atoms with van der Waals surface area (Å²) in [6.07, 6.45) is 0. The van der Waals surface area contributed by atoms with E-state index in [1.165, 1.54) is 16.1 Å². The smallest absolute Gasteiger partial charge is 0.191 e. The second-order valence-electron chi connectivity index (χ2n) is 7.71. The summed E-state index contributed by atoms with van der Waals surface area (Å²) >= 11 is 1.81. The van der Waals surface area contributed by atoms with E-state index in [1.807, 2.05) is 18.4 Å². The highest BCUT2D eigenvalue weighted by atomic mass is 127. The summed E-state index contributed by atoms with van der Waals surface area (Å²) in [5.74, 6) is 0.826. The number of hydrogen-bond donors (Lipinski definition) is 2. The largest absolute Gasteiger partial charge is 0.379 e. The molecule has 7 nitrogen and oxygen atoms in total. The maximum Gasteiger partial charge on any atom is 0.191 e. The second kappa shape index (κ2) is 13.3. The molecule has 32 heavy (non-hydrogen) atoms. The van der Waals surface area contributed by atoms with Crippen LogP contribution in [0, 0.1) is 0 Å². The Hall–Kier alpha value is -1.40. The molecule has 0 bridgehead atoms. The second-order valence-corrected chi connectivity index (χ2v) is 8.69. The molecule has 0 radical (unpaired) electrons. The third-order valence-electron chi connectivity index (χ3n) is 5.83. The molecule has 0 saturated carbocycles. The normalized spacial score (nSPS) is 18.7. The number of anilines is 1. The summed E-state index contributed by atoms with van der Waals surface area (Å²) in [5.41, 5.74) is 2.55. The number of benzene rings is 1. The quantitative estimate of drug-likeness (QED) is 0.303. The predicted molar refractivity (Wildman–Crippen MR) is 143 cm³/mol. The first-order valence-electron chi connectivity index (χ1n) is 11.1. The Morgan fingerprint density at radius 2 is 1.72 bits per heavy atom. The number of aliphatic imine (C=N–C) groups is 1. The van der Waals surface area contributed by atoms with Crippen LogP contribution in [0.4, 0.5) is 5.69 Å². The minimum Gasteiger partial charge on any atom is -0.379 e. The molecule has 4 rings (SSSR count). The topological polar surface area (TPSA) is 61.4 Å². The van der Waals surface area contributed by atoms with Crippen LogP contribution < -0.4 is 15.5 Å². The minimum absolute atomic E-state index is 0. The van der Waals surface area contributed by atoms with Crippen LogP contribution in [-0.4, -0.2) is 77.1 Å². The lowest BCUT2D eigenvalue weighted by atomic mass is 10.1. The molecule has 2 saturated heterocycles. The van der Waals surface area contributed by atoms with Gasteiger partial charge in [0.1, 0.15) is 0 Å². The van der Waals surface area contributed by atoms with Gasteiger partial charge in [0.25, 0.3) is 0 Å². The Labute approximate surface area is 212 Å². The third kappa shape index (κ3) is 6.80. The van der Waals surface area contributed by atoms with Gasteiger partial charge in [0.05, 0.1) is 32.5 Å². The molecular weight excluding hydrogens is 537 g/mol. The van der Waals surface area contributed by atoms with Crippen molar-refractivity contribution in [3.05, 3.63) is 52.2 Å². The van der Waals surface area contributed by atoms with E-state index < -0.39 is 0 Å². The summed E-state index contributed by atoms with van der Waals surface area (Å²) in [4.78, 5) is 10.8. The molecule has 1 aromatic carbocycles. The predicted octanol–water partition coefficient (Wildman–Crippen LogP) is 2.94. The Balaban J connectivity index is 0.00000289. The Bertz CT molecular complexity index is 824. The fourth-order valence-electron chi connectivity index (χ4n) is 4.15. The Morgan fingerprint density at radius 1 is 1.00 bits per heavy atom. The van der Waals surface area contributed by atoms with E-state index >= 15 is 0 Å². The van der Waals surface area contributed by atoms with Gasteiger partial charge in [-0.05, 0) is 23.1 Å². The van der Waals surface area contributed by atoms with Crippen LogP contribution >= 0.6 is 35.3 Å². The van der Waals surface area contributed by atoms with Gasteiger partial charge >= 0.3 is 0 Å². The van der Waals surface area contributed by atoms with Crippen molar-refractivity contribution in [1.29, 1.82) is 0 Å². The van der Waals surface area contributed by atoms with Gasteiger partial charge in [-0.1, -0.05) is 24.3 Å². The summed E-state index contributed by atoms with van der Waals surface area (Å²) in [5, 5.41) is 9.21. The van der Waals surface area contributed by atoms with E-state index in [0.717, 1.165) is 71.7 Å². The average molecular weight is 572 g/mol. The molecule has 1 atom stereocenters. The van der Waals surface area contributed by atoms with Crippen LogP contribution in [0.15, 0.2) is 46.8 Å². The number of rotatable bonds is 7. The summed E-state index contributed by atoms with van der Waals surface area (Å²) in [6.45, 7) is 8.51. The molecule has 176 valence electrons. The highest BCUT2D eigenvalue weighted by Crippen LogP contribution is 2.25. The molecule has 1 aromatic heterocycles. The van der Waals surface area contributed by atoms with Gasteiger partial charge in [-0.25, -0.2) is 0 Å². The molecule has 2 aliphatic rings. The van der Waals surface area contributed by atoms with Crippen molar-refractivity contribution in [3.63, 3.8) is 0 Å². The molecule has 2 N–H and O–H groups in total. The van der Waals surface area contributed by atoms with E-state index in [-0.39, 0.29) is 24.0 Å².